The zero-order valence-corrected chi connectivity index (χ0v) is 22.3. The number of hydrazone groups is 1. The number of nitriles is 1. The van der Waals surface area contributed by atoms with Crippen LogP contribution in [0.4, 0.5) is 0 Å². The number of rotatable bonds is 8. The average molecular weight is 519 g/mol. The van der Waals surface area contributed by atoms with Crippen molar-refractivity contribution < 1.29 is 9.47 Å². The molecule has 0 amide bonds. The van der Waals surface area contributed by atoms with Crippen LogP contribution in [0.25, 0.3) is 5.52 Å². The summed E-state index contributed by atoms with van der Waals surface area (Å²) in [4.78, 5) is 7.48. The first-order chi connectivity index (χ1) is 18.4. The predicted molar refractivity (Wildman–Crippen MR) is 142 cm³/mol. The smallest absolute Gasteiger partial charge is 0.148 e. The molecule has 2 aliphatic heterocycles. The second-order valence-electron chi connectivity index (χ2n) is 10.2. The van der Waals surface area contributed by atoms with E-state index in [9.17, 15) is 5.26 Å². The van der Waals surface area contributed by atoms with Crippen molar-refractivity contribution in [1.29, 1.82) is 5.26 Å². The van der Waals surface area contributed by atoms with Crippen molar-refractivity contribution in [2.24, 2.45) is 15.9 Å². The van der Waals surface area contributed by atoms with Crippen LogP contribution in [0.1, 0.15) is 69.5 Å². The van der Waals surface area contributed by atoms with E-state index in [0.717, 1.165) is 44.9 Å². The highest BCUT2D eigenvalue weighted by Gasteiger charge is 2.30. The van der Waals surface area contributed by atoms with Crippen LogP contribution < -0.4 is 10.6 Å². The van der Waals surface area contributed by atoms with Crippen molar-refractivity contribution in [3.63, 3.8) is 0 Å². The first-order valence-corrected chi connectivity index (χ1v) is 13.0. The fraction of sp³-hybridized carbons (Fsp3) is 0.538. The Morgan fingerprint density at radius 2 is 2.00 bits per heavy atom. The van der Waals surface area contributed by atoms with Crippen molar-refractivity contribution >= 4 is 16.9 Å². The molecule has 0 spiro atoms. The van der Waals surface area contributed by atoms with Crippen LogP contribution in [0.5, 0.6) is 5.75 Å². The number of pyridine rings is 1. The first-order valence-electron chi connectivity index (χ1n) is 13.0. The number of hydrogen-bond acceptors (Lipinski definition) is 10. The number of aromatic nitrogens is 5. The Morgan fingerprint density at radius 3 is 2.61 bits per heavy atom. The lowest BCUT2D eigenvalue weighted by Crippen LogP contribution is -2.52. The lowest BCUT2D eigenvalue weighted by atomic mass is 10.0. The molecule has 2 aliphatic rings. The average Bonchev–Trinajstić information content (AvgIpc) is 3.52. The van der Waals surface area contributed by atoms with Gasteiger partial charge in [0.05, 0.1) is 43.4 Å². The van der Waals surface area contributed by atoms with Gasteiger partial charge in [-0.25, -0.2) is 9.20 Å². The molecule has 0 aromatic carbocycles. The summed E-state index contributed by atoms with van der Waals surface area (Å²) in [5.41, 5.74) is 3.67. The van der Waals surface area contributed by atoms with Gasteiger partial charge in [0.15, 0.2) is 0 Å². The van der Waals surface area contributed by atoms with Crippen LogP contribution >= 0.6 is 0 Å². The van der Waals surface area contributed by atoms with Gasteiger partial charge in [-0.15, -0.1) is 5.10 Å². The van der Waals surface area contributed by atoms with Crippen LogP contribution in [-0.4, -0.2) is 79.3 Å². The number of nitrogens with zero attached hydrogens (tertiary/aromatic N) is 9. The molecule has 200 valence electrons. The Hall–Kier alpha value is -3.82. The number of fused-ring (bicyclic) bond motifs is 1. The number of likely N-dealkylation sites (tertiary alicyclic amines) is 1. The van der Waals surface area contributed by atoms with E-state index in [1.165, 1.54) is 6.20 Å². The topological polar surface area (TPSA) is 144 Å². The molecule has 2 saturated heterocycles. The highest BCUT2D eigenvalue weighted by Crippen LogP contribution is 2.30. The number of ether oxygens (including phenoxy) is 2. The quantitative estimate of drug-likeness (QED) is 0.272. The van der Waals surface area contributed by atoms with Gasteiger partial charge in [0.2, 0.25) is 0 Å². The molecule has 2 fully saturated rings. The van der Waals surface area contributed by atoms with Crippen LogP contribution in [0.3, 0.4) is 0 Å². The van der Waals surface area contributed by atoms with E-state index in [0.29, 0.717) is 39.8 Å². The van der Waals surface area contributed by atoms with Crippen molar-refractivity contribution in [2.45, 2.75) is 64.8 Å². The second kappa shape index (κ2) is 10.9. The van der Waals surface area contributed by atoms with Crippen LogP contribution in [-0.2, 0) is 4.74 Å². The summed E-state index contributed by atoms with van der Waals surface area (Å²) in [5.74, 6) is 6.37. The van der Waals surface area contributed by atoms with E-state index in [-0.39, 0.29) is 12.1 Å². The van der Waals surface area contributed by atoms with Crippen molar-refractivity contribution in [2.75, 3.05) is 26.3 Å². The molecule has 3 aromatic rings. The lowest BCUT2D eigenvalue weighted by Gasteiger charge is -2.40. The summed E-state index contributed by atoms with van der Waals surface area (Å²) in [6, 6.07) is 4.98. The molecule has 3 aromatic heterocycles. The van der Waals surface area contributed by atoms with E-state index in [4.69, 9.17) is 20.3 Å². The molecule has 5 heterocycles. The van der Waals surface area contributed by atoms with Gasteiger partial charge >= 0.3 is 0 Å². The first kappa shape index (κ1) is 25.8. The molecule has 1 unspecified atom stereocenters. The molecule has 12 nitrogen and oxygen atoms in total. The van der Waals surface area contributed by atoms with Gasteiger partial charge in [-0.2, -0.15) is 15.5 Å². The molecule has 2 N–H and O–H groups in total. The summed E-state index contributed by atoms with van der Waals surface area (Å²) in [5, 5.41) is 26.6. The normalized spacial score (nSPS) is 19.1. The molecular weight excluding hydrogens is 484 g/mol. The fourth-order valence-corrected chi connectivity index (χ4v) is 4.89. The third-order valence-electron chi connectivity index (χ3n) is 7.23. The Labute approximate surface area is 221 Å². The highest BCUT2D eigenvalue weighted by atomic mass is 16.5. The predicted octanol–water partition coefficient (Wildman–Crippen LogP) is 2.51. The monoisotopic (exact) mass is 518 g/mol. The van der Waals surface area contributed by atoms with Gasteiger partial charge in [-0.1, -0.05) is 5.21 Å². The minimum absolute atomic E-state index is 0.184. The maximum Gasteiger partial charge on any atom is 0.148 e. The molecule has 0 aliphatic carbocycles. The molecule has 5 rings (SSSR count). The van der Waals surface area contributed by atoms with Gasteiger partial charge in [-0.3, -0.25) is 9.89 Å². The number of piperidine rings is 1. The largest absolute Gasteiger partial charge is 0.482 e. The van der Waals surface area contributed by atoms with Crippen molar-refractivity contribution in [1.82, 2.24) is 29.5 Å². The SMILES string of the molecule is CC(=NC1CCN(C2COC2)CC1)C(=NN)c1cc(OC(C)c2cn(C(C)C)nn2)c2c(C#N)cnn2c1. The van der Waals surface area contributed by atoms with Gasteiger partial charge < -0.3 is 15.3 Å². The summed E-state index contributed by atoms with van der Waals surface area (Å²) in [6.07, 6.45) is 6.74. The van der Waals surface area contributed by atoms with Crippen molar-refractivity contribution in [3.05, 3.63) is 41.5 Å². The van der Waals surface area contributed by atoms with E-state index >= 15 is 0 Å². The lowest BCUT2D eigenvalue weighted by molar-refractivity contribution is -0.0709. The Bertz CT molecular complexity index is 1390. The summed E-state index contributed by atoms with van der Waals surface area (Å²) in [6.45, 7) is 11.6. The van der Waals surface area contributed by atoms with Crippen LogP contribution in [0.15, 0.2) is 34.8 Å². The third-order valence-corrected chi connectivity index (χ3v) is 7.23. The van der Waals surface area contributed by atoms with E-state index < -0.39 is 6.10 Å². The van der Waals surface area contributed by atoms with Crippen LogP contribution in [0, 0.1) is 11.3 Å². The van der Waals surface area contributed by atoms with E-state index in [1.54, 1.807) is 15.4 Å². The number of aliphatic imine (C=N–C) groups is 1. The Balaban J connectivity index is 1.41. The fourth-order valence-electron chi connectivity index (χ4n) is 4.89. The standard InChI is InChI=1S/C26H34N10O2/c1-16(2)35-13-23(32-33-35)18(4)38-24-9-19(12-36-26(24)20(10-27)11-29-36)25(31-28)17(3)30-21-5-7-34(8-6-21)22-14-37-15-22/h9,11-13,16,18,21-22H,5-8,14-15,28H2,1-4H3. The summed E-state index contributed by atoms with van der Waals surface area (Å²) in [7, 11) is 0. The van der Waals surface area contributed by atoms with Gasteiger partial charge in [0, 0.05) is 30.9 Å². The molecule has 1 atom stereocenters. The molecule has 0 saturated carbocycles. The second-order valence-corrected chi connectivity index (χ2v) is 10.2. The Kier molecular flexibility index (Phi) is 7.40. The van der Waals surface area contributed by atoms with Gasteiger partial charge in [0.1, 0.15) is 40.4 Å². The molecule has 38 heavy (non-hydrogen) atoms. The Morgan fingerprint density at radius 1 is 1.24 bits per heavy atom. The minimum Gasteiger partial charge on any atom is -0.482 e. The van der Waals surface area contributed by atoms with Gasteiger partial charge in [-0.05, 0) is 46.6 Å². The maximum absolute atomic E-state index is 9.67. The van der Waals surface area contributed by atoms with E-state index in [1.807, 2.05) is 40.0 Å². The molecule has 0 bridgehead atoms. The van der Waals surface area contributed by atoms with E-state index in [2.05, 4.69) is 31.5 Å². The summed E-state index contributed by atoms with van der Waals surface area (Å²) < 4.78 is 15.1. The van der Waals surface area contributed by atoms with Crippen molar-refractivity contribution in [3.8, 4) is 11.8 Å². The minimum atomic E-state index is -0.415. The zero-order valence-electron chi connectivity index (χ0n) is 22.3. The molecular formula is C26H34N10O2. The summed E-state index contributed by atoms with van der Waals surface area (Å²) >= 11 is 0. The zero-order chi connectivity index (χ0) is 26.8. The number of nitrogens with two attached hydrogens (primary N) is 1. The van der Waals surface area contributed by atoms with Gasteiger partial charge in [0.25, 0.3) is 0 Å². The highest BCUT2D eigenvalue weighted by molar-refractivity contribution is 6.47. The molecule has 12 heteroatoms. The van der Waals surface area contributed by atoms with Crippen LogP contribution in [0.2, 0.25) is 0 Å². The number of hydrogen-bond donors (Lipinski definition) is 1. The third kappa shape index (κ3) is 5.12. The maximum atomic E-state index is 9.67. The molecule has 0 radical (unpaired) electrons.